The van der Waals surface area contributed by atoms with E-state index in [4.69, 9.17) is 4.74 Å². The molecule has 136 valence electrons. The van der Waals surface area contributed by atoms with Gasteiger partial charge in [-0.2, -0.15) is 0 Å². The van der Waals surface area contributed by atoms with Crippen LogP contribution in [0.1, 0.15) is 40.1 Å². The fraction of sp³-hybridized carbons (Fsp3) is 0.250. The number of rotatable bonds is 6. The molecule has 0 bridgehead atoms. The van der Waals surface area contributed by atoms with Crippen molar-refractivity contribution in [3.63, 3.8) is 0 Å². The van der Waals surface area contributed by atoms with Crippen LogP contribution in [-0.2, 0) is 9.53 Å². The van der Waals surface area contributed by atoms with Crippen molar-refractivity contribution in [2.45, 2.75) is 26.8 Å². The van der Waals surface area contributed by atoms with Crippen molar-refractivity contribution in [3.8, 4) is 0 Å². The van der Waals surface area contributed by atoms with Gasteiger partial charge in [0.2, 0.25) is 0 Å². The molecule has 0 fully saturated rings. The molecule has 6 nitrogen and oxygen atoms in total. The first kappa shape index (κ1) is 19.2. The lowest BCUT2D eigenvalue weighted by Crippen LogP contribution is -2.39. The number of carbonyl (C=O) groups excluding carboxylic acids is 3. The number of carbonyl (C=O) groups is 3. The predicted octanol–water partition coefficient (Wildman–Crippen LogP) is 2.93. The second-order valence-corrected chi connectivity index (χ2v) is 5.81. The van der Waals surface area contributed by atoms with E-state index in [9.17, 15) is 14.4 Å². The van der Waals surface area contributed by atoms with E-state index < -0.39 is 17.9 Å². The van der Waals surface area contributed by atoms with E-state index in [-0.39, 0.29) is 18.1 Å². The first-order chi connectivity index (χ1) is 12.4. The zero-order valence-electron chi connectivity index (χ0n) is 15.0. The molecule has 2 aromatic rings. The van der Waals surface area contributed by atoms with Gasteiger partial charge in [0, 0.05) is 5.56 Å². The molecule has 2 aromatic carbocycles. The first-order valence-corrected chi connectivity index (χ1v) is 8.37. The highest BCUT2D eigenvalue weighted by Crippen LogP contribution is 2.17. The highest BCUT2D eigenvalue weighted by molar-refractivity contribution is 6.09. The molecule has 0 aliphatic carbocycles. The summed E-state index contributed by atoms with van der Waals surface area (Å²) in [5.41, 5.74) is 2.18. The molecule has 26 heavy (non-hydrogen) atoms. The predicted molar refractivity (Wildman–Crippen MR) is 99.1 cm³/mol. The highest BCUT2D eigenvalue weighted by atomic mass is 16.5. The Labute approximate surface area is 152 Å². The van der Waals surface area contributed by atoms with E-state index in [1.54, 1.807) is 50.2 Å². The van der Waals surface area contributed by atoms with E-state index in [2.05, 4.69) is 10.6 Å². The van der Waals surface area contributed by atoms with E-state index >= 15 is 0 Å². The molecule has 0 saturated heterocycles. The lowest BCUT2D eigenvalue weighted by atomic mass is 10.1. The van der Waals surface area contributed by atoms with Gasteiger partial charge in [-0.25, -0.2) is 4.79 Å². The van der Waals surface area contributed by atoms with Crippen LogP contribution < -0.4 is 10.6 Å². The minimum atomic E-state index is -0.789. The number of hydrogen-bond acceptors (Lipinski definition) is 4. The van der Waals surface area contributed by atoms with Crippen LogP contribution in [0.4, 0.5) is 5.69 Å². The number of esters is 1. The summed E-state index contributed by atoms with van der Waals surface area (Å²) in [5, 5.41) is 5.32. The summed E-state index contributed by atoms with van der Waals surface area (Å²) < 4.78 is 4.88. The molecule has 1 atom stereocenters. The molecular weight excluding hydrogens is 332 g/mol. The van der Waals surface area contributed by atoms with Gasteiger partial charge in [0.05, 0.1) is 17.9 Å². The Morgan fingerprint density at radius 3 is 2.31 bits per heavy atom. The van der Waals surface area contributed by atoms with Crippen LogP contribution in [0.3, 0.4) is 0 Å². The summed E-state index contributed by atoms with van der Waals surface area (Å²) in [6, 6.07) is 13.0. The smallest absolute Gasteiger partial charge is 0.328 e. The van der Waals surface area contributed by atoms with E-state index in [0.717, 1.165) is 5.56 Å². The number of aryl methyl sites for hydroxylation is 1. The van der Waals surface area contributed by atoms with Gasteiger partial charge in [0.15, 0.2) is 0 Å². The van der Waals surface area contributed by atoms with Gasteiger partial charge in [0.25, 0.3) is 11.8 Å². The van der Waals surface area contributed by atoms with Crippen LogP contribution in [0.25, 0.3) is 0 Å². The molecule has 0 aliphatic heterocycles. The molecular formula is C20H22N2O4. The molecule has 0 aromatic heterocycles. The van der Waals surface area contributed by atoms with Crippen LogP contribution in [0.15, 0.2) is 48.5 Å². The fourth-order valence-corrected chi connectivity index (χ4v) is 2.29. The Bertz CT molecular complexity index is 800. The van der Waals surface area contributed by atoms with Gasteiger partial charge in [-0.3, -0.25) is 9.59 Å². The van der Waals surface area contributed by atoms with Crippen molar-refractivity contribution in [2.24, 2.45) is 0 Å². The number of benzene rings is 2. The summed E-state index contributed by atoms with van der Waals surface area (Å²) >= 11 is 0. The molecule has 2 amide bonds. The Kier molecular flexibility index (Phi) is 6.49. The van der Waals surface area contributed by atoms with Crippen molar-refractivity contribution in [1.29, 1.82) is 0 Å². The lowest BCUT2D eigenvalue weighted by Gasteiger charge is -2.15. The van der Waals surface area contributed by atoms with Crippen LogP contribution in [0.5, 0.6) is 0 Å². The Morgan fingerprint density at radius 2 is 1.65 bits per heavy atom. The molecule has 2 rings (SSSR count). The van der Waals surface area contributed by atoms with Gasteiger partial charge >= 0.3 is 5.97 Å². The summed E-state index contributed by atoms with van der Waals surface area (Å²) in [7, 11) is 0. The van der Waals surface area contributed by atoms with Crippen molar-refractivity contribution in [2.75, 3.05) is 11.9 Å². The summed E-state index contributed by atoms with van der Waals surface area (Å²) in [4.78, 5) is 36.6. The number of amides is 2. The van der Waals surface area contributed by atoms with E-state index in [0.29, 0.717) is 11.3 Å². The normalized spacial score (nSPS) is 11.3. The lowest BCUT2D eigenvalue weighted by molar-refractivity contribution is -0.144. The molecule has 1 unspecified atom stereocenters. The topological polar surface area (TPSA) is 84.5 Å². The van der Waals surface area contributed by atoms with Crippen LogP contribution in [-0.4, -0.2) is 30.4 Å². The Balaban J connectivity index is 2.14. The van der Waals surface area contributed by atoms with Gasteiger partial charge in [0.1, 0.15) is 6.04 Å². The average molecular weight is 354 g/mol. The average Bonchev–Trinajstić information content (AvgIpc) is 2.62. The fourth-order valence-electron chi connectivity index (χ4n) is 2.29. The van der Waals surface area contributed by atoms with Gasteiger partial charge in [-0.05, 0) is 45.0 Å². The summed E-state index contributed by atoms with van der Waals surface area (Å²) in [5.74, 6) is -1.30. The van der Waals surface area contributed by atoms with Crippen molar-refractivity contribution >= 4 is 23.5 Å². The van der Waals surface area contributed by atoms with Crippen LogP contribution in [0, 0.1) is 6.92 Å². The van der Waals surface area contributed by atoms with Gasteiger partial charge in [-0.15, -0.1) is 0 Å². The zero-order chi connectivity index (χ0) is 19.1. The number of hydrogen-bond donors (Lipinski definition) is 2. The van der Waals surface area contributed by atoms with Crippen molar-refractivity contribution < 1.29 is 19.1 Å². The third-order valence-electron chi connectivity index (χ3n) is 3.72. The summed E-state index contributed by atoms with van der Waals surface area (Å²) in [6.07, 6.45) is 0. The molecule has 0 heterocycles. The third-order valence-corrected chi connectivity index (χ3v) is 3.72. The Hall–Kier alpha value is -3.15. The first-order valence-electron chi connectivity index (χ1n) is 8.37. The van der Waals surface area contributed by atoms with Crippen LogP contribution >= 0.6 is 0 Å². The molecule has 0 spiro atoms. The number of anilines is 1. The molecule has 6 heteroatoms. The SMILES string of the molecule is CCOC(=O)C(C)NC(=O)c1ccccc1NC(=O)c1ccc(C)cc1. The second kappa shape index (κ2) is 8.80. The zero-order valence-corrected chi connectivity index (χ0v) is 15.0. The third kappa shape index (κ3) is 4.92. The maximum Gasteiger partial charge on any atom is 0.328 e. The standard InChI is InChI=1S/C20H22N2O4/c1-4-26-20(25)14(3)21-19(24)16-7-5-6-8-17(16)22-18(23)15-11-9-13(2)10-12-15/h5-12,14H,4H2,1-3H3,(H,21,24)(H,22,23). The minimum absolute atomic E-state index is 0.238. The molecule has 0 radical (unpaired) electrons. The van der Waals surface area contributed by atoms with Crippen molar-refractivity contribution in [1.82, 2.24) is 5.32 Å². The highest BCUT2D eigenvalue weighted by Gasteiger charge is 2.20. The summed E-state index contributed by atoms with van der Waals surface area (Å²) in [6.45, 7) is 5.42. The maximum absolute atomic E-state index is 12.5. The number of para-hydroxylation sites is 1. The minimum Gasteiger partial charge on any atom is -0.464 e. The monoisotopic (exact) mass is 354 g/mol. The molecule has 0 aliphatic rings. The number of nitrogens with one attached hydrogen (secondary N) is 2. The van der Waals surface area contributed by atoms with Crippen molar-refractivity contribution in [3.05, 3.63) is 65.2 Å². The maximum atomic E-state index is 12.5. The van der Waals surface area contributed by atoms with E-state index in [1.807, 2.05) is 19.1 Å². The van der Waals surface area contributed by atoms with Gasteiger partial charge < -0.3 is 15.4 Å². The quantitative estimate of drug-likeness (QED) is 0.781. The Morgan fingerprint density at radius 1 is 1.00 bits per heavy atom. The number of ether oxygens (including phenoxy) is 1. The van der Waals surface area contributed by atoms with E-state index in [1.165, 1.54) is 0 Å². The van der Waals surface area contributed by atoms with Crippen LogP contribution in [0.2, 0.25) is 0 Å². The molecule has 0 saturated carbocycles. The largest absolute Gasteiger partial charge is 0.464 e. The molecule has 2 N–H and O–H groups in total. The van der Waals surface area contributed by atoms with Gasteiger partial charge in [-0.1, -0.05) is 29.8 Å². The second-order valence-electron chi connectivity index (χ2n) is 5.81.